The van der Waals surface area contributed by atoms with Gasteiger partial charge in [-0.3, -0.25) is 0 Å². The lowest BCUT2D eigenvalue weighted by Gasteiger charge is -2.27. The van der Waals surface area contributed by atoms with E-state index in [1.165, 1.54) is 66.4 Å². The van der Waals surface area contributed by atoms with Crippen LogP contribution in [0.4, 0.5) is 17.1 Å². The molecule has 1 heteroatoms. The van der Waals surface area contributed by atoms with Gasteiger partial charge >= 0.3 is 0 Å². The Labute approximate surface area is 311 Å². The van der Waals surface area contributed by atoms with E-state index in [0.29, 0.717) is 0 Å². The van der Waals surface area contributed by atoms with Crippen LogP contribution in [0.2, 0.25) is 0 Å². The van der Waals surface area contributed by atoms with Gasteiger partial charge in [0, 0.05) is 17.1 Å². The summed E-state index contributed by atoms with van der Waals surface area (Å²) in [7, 11) is 0. The average molecular weight is 676 g/mol. The second-order valence-corrected chi connectivity index (χ2v) is 13.3. The van der Waals surface area contributed by atoms with Gasteiger partial charge in [0.1, 0.15) is 0 Å². The lowest BCUT2D eigenvalue weighted by atomic mass is 9.89. The Morgan fingerprint density at radius 3 is 1.30 bits per heavy atom. The Morgan fingerprint density at radius 2 is 0.642 bits per heavy atom. The van der Waals surface area contributed by atoms with E-state index in [-0.39, 0.29) is 0 Å². The van der Waals surface area contributed by atoms with Crippen LogP contribution in [-0.2, 0) is 0 Å². The lowest BCUT2D eigenvalue weighted by Crippen LogP contribution is -2.10. The van der Waals surface area contributed by atoms with E-state index in [2.05, 4.69) is 229 Å². The predicted molar refractivity (Wildman–Crippen MR) is 226 cm³/mol. The molecule has 0 aliphatic rings. The average Bonchev–Trinajstić information content (AvgIpc) is 3.25. The summed E-state index contributed by atoms with van der Waals surface area (Å²) >= 11 is 0. The molecular weight excluding hydrogens is 639 g/mol. The van der Waals surface area contributed by atoms with Crippen molar-refractivity contribution in [3.05, 3.63) is 224 Å². The molecule has 0 aromatic heterocycles. The van der Waals surface area contributed by atoms with Crippen molar-refractivity contribution in [3.8, 4) is 55.6 Å². The van der Waals surface area contributed by atoms with Crippen molar-refractivity contribution in [1.82, 2.24) is 0 Å². The first-order valence-corrected chi connectivity index (χ1v) is 18.2. The molecular formula is C52H37N. The predicted octanol–water partition coefficient (Wildman–Crippen LogP) is 14.6. The quantitative estimate of drug-likeness (QED) is 0.155. The smallest absolute Gasteiger partial charge is 0.0467 e. The highest BCUT2D eigenvalue weighted by Gasteiger charge is 2.17. The van der Waals surface area contributed by atoms with Crippen molar-refractivity contribution >= 4 is 27.8 Å². The van der Waals surface area contributed by atoms with Crippen LogP contribution in [0.25, 0.3) is 66.4 Å². The van der Waals surface area contributed by atoms with Gasteiger partial charge in [-0.25, -0.2) is 0 Å². The van der Waals surface area contributed by atoms with Crippen LogP contribution >= 0.6 is 0 Å². The number of benzene rings is 9. The standard InChI is InChI=1S/C52H37N/c1-3-15-38(16-4-1)39-29-33-44(34-30-39)53(45-35-31-42(32-36-45)48-28-14-20-41-19-7-8-23-47(41)48)46-22-13-21-43(37-46)50-25-10-12-27-52(50)51-26-11-9-24-49(51)40-17-5-2-6-18-40/h1-37H. The fourth-order valence-electron chi connectivity index (χ4n) is 7.52. The maximum absolute atomic E-state index is 2.37. The van der Waals surface area contributed by atoms with E-state index in [9.17, 15) is 0 Å². The van der Waals surface area contributed by atoms with E-state index >= 15 is 0 Å². The second-order valence-electron chi connectivity index (χ2n) is 13.3. The number of hydrogen-bond acceptors (Lipinski definition) is 1. The zero-order chi connectivity index (χ0) is 35.4. The summed E-state index contributed by atoms with van der Waals surface area (Å²) in [6, 6.07) is 80.8. The number of nitrogens with zero attached hydrogens (tertiary/aromatic N) is 1. The molecule has 0 unspecified atom stereocenters. The summed E-state index contributed by atoms with van der Waals surface area (Å²) < 4.78 is 0. The normalized spacial score (nSPS) is 11.0. The Morgan fingerprint density at radius 1 is 0.226 bits per heavy atom. The third-order valence-electron chi connectivity index (χ3n) is 10.1. The van der Waals surface area contributed by atoms with Gasteiger partial charge in [-0.1, -0.05) is 188 Å². The van der Waals surface area contributed by atoms with Gasteiger partial charge in [-0.2, -0.15) is 0 Å². The summed E-state index contributed by atoms with van der Waals surface area (Å²) in [6.07, 6.45) is 0. The third-order valence-corrected chi connectivity index (χ3v) is 10.1. The molecule has 0 N–H and O–H groups in total. The van der Waals surface area contributed by atoms with E-state index in [0.717, 1.165) is 17.1 Å². The van der Waals surface area contributed by atoms with Crippen LogP contribution in [0.1, 0.15) is 0 Å². The first-order valence-electron chi connectivity index (χ1n) is 18.2. The highest BCUT2D eigenvalue weighted by molar-refractivity contribution is 5.97. The van der Waals surface area contributed by atoms with Crippen LogP contribution in [0.5, 0.6) is 0 Å². The van der Waals surface area contributed by atoms with Gasteiger partial charge in [0.25, 0.3) is 0 Å². The minimum absolute atomic E-state index is 1.10. The van der Waals surface area contributed by atoms with Crippen molar-refractivity contribution < 1.29 is 0 Å². The van der Waals surface area contributed by atoms with Crippen LogP contribution in [0, 0.1) is 0 Å². The van der Waals surface area contributed by atoms with Crippen molar-refractivity contribution in [2.75, 3.05) is 4.90 Å². The van der Waals surface area contributed by atoms with E-state index in [1.54, 1.807) is 0 Å². The first-order chi connectivity index (χ1) is 26.3. The topological polar surface area (TPSA) is 3.24 Å². The first kappa shape index (κ1) is 32.0. The molecule has 0 spiro atoms. The molecule has 0 saturated carbocycles. The van der Waals surface area contributed by atoms with Gasteiger partial charge in [-0.15, -0.1) is 0 Å². The number of fused-ring (bicyclic) bond motifs is 1. The number of anilines is 3. The molecule has 0 saturated heterocycles. The molecule has 9 rings (SSSR count). The van der Waals surface area contributed by atoms with Crippen LogP contribution in [-0.4, -0.2) is 0 Å². The van der Waals surface area contributed by atoms with Gasteiger partial charge in [-0.05, 0) is 103 Å². The summed E-state index contributed by atoms with van der Waals surface area (Å²) in [4.78, 5) is 2.37. The van der Waals surface area contributed by atoms with Gasteiger partial charge in [0.2, 0.25) is 0 Å². The van der Waals surface area contributed by atoms with Gasteiger partial charge in [0.15, 0.2) is 0 Å². The molecule has 9 aromatic carbocycles. The summed E-state index contributed by atoms with van der Waals surface area (Å²) in [5.74, 6) is 0. The molecule has 0 bridgehead atoms. The molecule has 0 radical (unpaired) electrons. The van der Waals surface area contributed by atoms with E-state index in [4.69, 9.17) is 0 Å². The van der Waals surface area contributed by atoms with Gasteiger partial charge < -0.3 is 4.90 Å². The lowest BCUT2D eigenvalue weighted by molar-refractivity contribution is 1.28. The molecule has 0 atom stereocenters. The zero-order valence-electron chi connectivity index (χ0n) is 29.3. The zero-order valence-corrected chi connectivity index (χ0v) is 29.3. The third kappa shape index (κ3) is 6.42. The molecule has 0 amide bonds. The fraction of sp³-hybridized carbons (Fsp3) is 0. The SMILES string of the molecule is c1ccc(-c2ccc(N(c3ccc(-c4cccc5ccccc45)cc3)c3cccc(-c4ccccc4-c4ccccc4-c4ccccc4)c3)cc2)cc1. The number of hydrogen-bond donors (Lipinski definition) is 0. The van der Waals surface area contributed by atoms with E-state index < -0.39 is 0 Å². The van der Waals surface area contributed by atoms with Crippen molar-refractivity contribution in [2.45, 2.75) is 0 Å². The van der Waals surface area contributed by atoms with Crippen molar-refractivity contribution in [2.24, 2.45) is 0 Å². The largest absolute Gasteiger partial charge is 0.310 e. The van der Waals surface area contributed by atoms with Gasteiger partial charge in [0.05, 0.1) is 0 Å². The Balaban J connectivity index is 1.15. The maximum Gasteiger partial charge on any atom is 0.0467 e. The molecule has 0 aliphatic heterocycles. The Hall–Kier alpha value is -6.96. The monoisotopic (exact) mass is 675 g/mol. The molecule has 0 aliphatic carbocycles. The molecule has 250 valence electrons. The number of rotatable bonds is 8. The Bertz CT molecular complexity index is 2640. The van der Waals surface area contributed by atoms with Crippen LogP contribution < -0.4 is 4.90 Å². The highest BCUT2D eigenvalue weighted by Crippen LogP contribution is 2.42. The minimum atomic E-state index is 1.10. The molecule has 0 fully saturated rings. The molecule has 0 heterocycles. The summed E-state index contributed by atoms with van der Waals surface area (Å²) in [5.41, 5.74) is 15.4. The second kappa shape index (κ2) is 14.3. The highest BCUT2D eigenvalue weighted by atomic mass is 15.1. The molecule has 9 aromatic rings. The van der Waals surface area contributed by atoms with Crippen molar-refractivity contribution in [1.29, 1.82) is 0 Å². The molecule has 1 nitrogen and oxygen atoms in total. The minimum Gasteiger partial charge on any atom is -0.310 e. The van der Waals surface area contributed by atoms with Crippen LogP contribution in [0.3, 0.4) is 0 Å². The van der Waals surface area contributed by atoms with Crippen LogP contribution in [0.15, 0.2) is 224 Å². The summed E-state index contributed by atoms with van der Waals surface area (Å²) in [6.45, 7) is 0. The Kier molecular flexibility index (Phi) is 8.66. The maximum atomic E-state index is 2.37. The fourth-order valence-corrected chi connectivity index (χ4v) is 7.52. The molecule has 53 heavy (non-hydrogen) atoms. The van der Waals surface area contributed by atoms with E-state index in [1.807, 2.05) is 0 Å². The summed E-state index contributed by atoms with van der Waals surface area (Å²) in [5, 5.41) is 2.51. The van der Waals surface area contributed by atoms with Crippen molar-refractivity contribution in [3.63, 3.8) is 0 Å².